The molecule has 0 aromatic carbocycles. The van der Waals surface area contributed by atoms with Gasteiger partial charge in [0.15, 0.2) is 0 Å². The SMILES string of the molecule is CCOC(=O)c1cc(C)sc1NC(=O)CC(C)CC. The fourth-order valence-electron chi connectivity index (χ4n) is 1.61. The first-order valence-electron chi connectivity index (χ1n) is 6.55. The second kappa shape index (κ2) is 7.28. The molecule has 1 aromatic rings. The zero-order valence-corrected chi connectivity index (χ0v) is 12.7. The second-order valence-electron chi connectivity index (χ2n) is 4.59. The summed E-state index contributed by atoms with van der Waals surface area (Å²) in [6.07, 6.45) is 1.43. The van der Waals surface area contributed by atoms with E-state index in [2.05, 4.69) is 12.2 Å². The summed E-state index contributed by atoms with van der Waals surface area (Å²) in [4.78, 5) is 24.6. The summed E-state index contributed by atoms with van der Waals surface area (Å²) in [5.41, 5.74) is 0.446. The molecule has 0 aliphatic rings. The molecular formula is C14H21NO3S. The van der Waals surface area contributed by atoms with Crippen molar-refractivity contribution in [2.75, 3.05) is 11.9 Å². The molecule has 0 saturated heterocycles. The molecular weight excluding hydrogens is 262 g/mol. The summed E-state index contributed by atoms with van der Waals surface area (Å²) >= 11 is 1.40. The summed E-state index contributed by atoms with van der Waals surface area (Å²) in [6, 6.07) is 1.75. The van der Waals surface area contributed by atoms with Crippen molar-refractivity contribution in [2.24, 2.45) is 5.92 Å². The Labute approximate surface area is 118 Å². The van der Waals surface area contributed by atoms with Crippen LogP contribution in [0.4, 0.5) is 5.00 Å². The van der Waals surface area contributed by atoms with Crippen LogP contribution < -0.4 is 5.32 Å². The lowest BCUT2D eigenvalue weighted by atomic mass is 10.1. The van der Waals surface area contributed by atoms with Crippen LogP contribution in [-0.4, -0.2) is 18.5 Å². The number of hydrogen-bond acceptors (Lipinski definition) is 4. The van der Waals surface area contributed by atoms with E-state index in [-0.39, 0.29) is 11.9 Å². The van der Waals surface area contributed by atoms with Gasteiger partial charge in [-0.1, -0.05) is 20.3 Å². The second-order valence-corrected chi connectivity index (χ2v) is 5.84. The number of aryl methyl sites for hydroxylation is 1. The molecule has 1 unspecified atom stereocenters. The molecule has 19 heavy (non-hydrogen) atoms. The first kappa shape index (κ1) is 15.7. The molecule has 1 atom stereocenters. The van der Waals surface area contributed by atoms with Crippen molar-refractivity contribution in [2.45, 2.75) is 40.5 Å². The minimum absolute atomic E-state index is 0.0539. The van der Waals surface area contributed by atoms with Gasteiger partial charge in [-0.3, -0.25) is 4.79 Å². The molecule has 0 spiro atoms. The highest BCUT2D eigenvalue weighted by molar-refractivity contribution is 7.16. The number of nitrogens with one attached hydrogen (secondary N) is 1. The number of amides is 1. The van der Waals surface area contributed by atoms with Crippen molar-refractivity contribution in [3.8, 4) is 0 Å². The topological polar surface area (TPSA) is 55.4 Å². The number of thiophene rings is 1. The molecule has 1 N–H and O–H groups in total. The summed E-state index contributed by atoms with van der Waals surface area (Å²) in [5, 5.41) is 3.40. The normalized spacial score (nSPS) is 12.0. The van der Waals surface area contributed by atoms with Crippen LogP contribution in [0.5, 0.6) is 0 Å². The summed E-state index contributed by atoms with van der Waals surface area (Å²) in [7, 11) is 0. The molecule has 0 fully saturated rings. The van der Waals surface area contributed by atoms with Crippen molar-refractivity contribution in [3.63, 3.8) is 0 Å². The van der Waals surface area contributed by atoms with E-state index in [0.717, 1.165) is 11.3 Å². The van der Waals surface area contributed by atoms with Crippen LogP contribution in [0.3, 0.4) is 0 Å². The van der Waals surface area contributed by atoms with E-state index >= 15 is 0 Å². The molecule has 1 heterocycles. The van der Waals surface area contributed by atoms with Gasteiger partial charge in [0.1, 0.15) is 5.00 Å². The van der Waals surface area contributed by atoms with E-state index in [1.54, 1.807) is 13.0 Å². The molecule has 0 radical (unpaired) electrons. The number of carbonyl (C=O) groups is 2. The number of esters is 1. The number of carbonyl (C=O) groups excluding carboxylic acids is 2. The van der Waals surface area contributed by atoms with Crippen LogP contribution in [0.25, 0.3) is 0 Å². The zero-order valence-electron chi connectivity index (χ0n) is 11.9. The van der Waals surface area contributed by atoms with E-state index in [4.69, 9.17) is 4.74 Å². The number of hydrogen-bond donors (Lipinski definition) is 1. The Morgan fingerprint density at radius 1 is 1.42 bits per heavy atom. The Kier molecular flexibility index (Phi) is 6.02. The maximum Gasteiger partial charge on any atom is 0.341 e. The van der Waals surface area contributed by atoms with Gasteiger partial charge in [-0.15, -0.1) is 11.3 Å². The van der Waals surface area contributed by atoms with Crippen LogP contribution in [0.15, 0.2) is 6.07 Å². The van der Waals surface area contributed by atoms with Gasteiger partial charge in [0.25, 0.3) is 0 Å². The largest absolute Gasteiger partial charge is 0.462 e. The van der Waals surface area contributed by atoms with Gasteiger partial charge in [-0.05, 0) is 25.8 Å². The lowest BCUT2D eigenvalue weighted by molar-refractivity contribution is -0.116. The number of ether oxygens (including phenoxy) is 1. The summed E-state index contributed by atoms with van der Waals surface area (Å²) in [5.74, 6) is -0.0976. The molecule has 1 amide bonds. The molecule has 0 saturated carbocycles. The lowest BCUT2D eigenvalue weighted by Gasteiger charge is -2.09. The zero-order chi connectivity index (χ0) is 14.4. The van der Waals surface area contributed by atoms with Crippen LogP contribution in [0.1, 0.15) is 48.8 Å². The third-order valence-corrected chi connectivity index (χ3v) is 3.80. The van der Waals surface area contributed by atoms with E-state index < -0.39 is 0 Å². The fourth-order valence-corrected chi connectivity index (χ4v) is 2.52. The van der Waals surface area contributed by atoms with Crippen LogP contribution in [0.2, 0.25) is 0 Å². The van der Waals surface area contributed by atoms with Gasteiger partial charge in [-0.2, -0.15) is 0 Å². The maximum atomic E-state index is 11.9. The minimum atomic E-state index is -0.384. The van der Waals surface area contributed by atoms with E-state index in [9.17, 15) is 9.59 Å². The van der Waals surface area contributed by atoms with Crippen LogP contribution >= 0.6 is 11.3 Å². The van der Waals surface area contributed by atoms with Crippen LogP contribution in [-0.2, 0) is 9.53 Å². The quantitative estimate of drug-likeness (QED) is 0.811. The monoisotopic (exact) mass is 283 g/mol. The Hall–Kier alpha value is -1.36. The van der Waals surface area contributed by atoms with Crippen molar-refractivity contribution in [3.05, 3.63) is 16.5 Å². The Morgan fingerprint density at radius 3 is 2.68 bits per heavy atom. The van der Waals surface area contributed by atoms with Gasteiger partial charge in [0, 0.05) is 11.3 Å². The van der Waals surface area contributed by atoms with Crippen molar-refractivity contribution >= 4 is 28.2 Å². The average Bonchev–Trinajstić information content (AvgIpc) is 2.70. The first-order chi connectivity index (χ1) is 8.97. The van der Waals surface area contributed by atoms with E-state index in [1.807, 2.05) is 13.8 Å². The van der Waals surface area contributed by atoms with Gasteiger partial charge in [0.05, 0.1) is 12.2 Å². The molecule has 1 rings (SSSR count). The minimum Gasteiger partial charge on any atom is -0.462 e. The first-order valence-corrected chi connectivity index (χ1v) is 7.36. The lowest BCUT2D eigenvalue weighted by Crippen LogP contribution is -2.16. The summed E-state index contributed by atoms with van der Waals surface area (Å²) < 4.78 is 4.98. The average molecular weight is 283 g/mol. The Bertz CT molecular complexity index is 454. The molecule has 0 aliphatic heterocycles. The Balaban J connectivity index is 2.77. The molecule has 0 bridgehead atoms. The van der Waals surface area contributed by atoms with Gasteiger partial charge >= 0.3 is 5.97 Å². The summed E-state index contributed by atoms with van der Waals surface area (Å²) in [6.45, 7) is 8.08. The maximum absolute atomic E-state index is 11.9. The predicted molar refractivity (Wildman–Crippen MR) is 77.7 cm³/mol. The predicted octanol–water partition coefficient (Wildman–Crippen LogP) is 3.61. The van der Waals surface area contributed by atoms with E-state index in [0.29, 0.717) is 29.5 Å². The highest BCUT2D eigenvalue weighted by Gasteiger charge is 2.18. The molecule has 1 aromatic heterocycles. The third kappa shape index (κ3) is 4.67. The standard InChI is InChI=1S/C14H21NO3S/c1-5-9(3)7-12(16)15-13-11(8-10(4)19-13)14(17)18-6-2/h8-9H,5-7H2,1-4H3,(H,15,16). The van der Waals surface area contributed by atoms with Gasteiger partial charge < -0.3 is 10.1 Å². The Morgan fingerprint density at radius 2 is 2.11 bits per heavy atom. The van der Waals surface area contributed by atoms with Crippen LogP contribution in [0, 0.1) is 12.8 Å². The van der Waals surface area contributed by atoms with E-state index in [1.165, 1.54) is 11.3 Å². The highest BCUT2D eigenvalue weighted by Crippen LogP contribution is 2.28. The molecule has 106 valence electrons. The smallest absolute Gasteiger partial charge is 0.341 e. The van der Waals surface area contributed by atoms with Crippen molar-refractivity contribution in [1.82, 2.24) is 0 Å². The van der Waals surface area contributed by atoms with Crippen molar-refractivity contribution in [1.29, 1.82) is 0 Å². The van der Waals surface area contributed by atoms with Gasteiger partial charge in [0.2, 0.25) is 5.91 Å². The number of anilines is 1. The van der Waals surface area contributed by atoms with Gasteiger partial charge in [-0.25, -0.2) is 4.79 Å². The number of rotatable bonds is 6. The molecule has 0 aliphatic carbocycles. The van der Waals surface area contributed by atoms with Crippen molar-refractivity contribution < 1.29 is 14.3 Å². The molecule has 5 heteroatoms. The third-order valence-electron chi connectivity index (χ3n) is 2.83. The fraction of sp³-hybridized carbons (Fsp3) is 0.571. The molecule has 4 nitrogen and oxygen atoms in total. The highest BCUT2D eigenvalue weighted by atomic mass is 32.1.